The highest BCUT2D eigenvalue weighted by Crippen LogP contribution is 2.22. The van der Waals surface area contributed by atoms with Crippen LogP contribution in [0.4, 0.5) is 0 Å². The fourth-order valence-corrected chi connectivity index (χ4v) is 1.19. The van der Waals surface area contributed by atoms with Crippen LogP contribution in [0.15, 0.2) is 21.2 Å². The van der Waals surface area contributed by atoms with E-state index in [4.69, 9.17) is 9.15 Å². The van der Waals surface area contributed by atoms with Crippen LogP contribution in [0, 0.1) is 0 Å². The Morgan fingerprint density at radius 1 is 1.73 bits per heavy atom. The summed E-state index contributed by atoms with van der Waals surface area (Å²) in [6.07, 6.45) is 1.71. The SMILES string of the molecule is CCOC(C)c1cc(Br)co1. The molecule has 1 rings (SSSR count). The van der Waals surface area contributed by atoms with Gasteiger partial charge in [-0.05, 0) is 35.8 Å². The third-order valence-corrected chi connectivity index (χ3v) is 1.82. The Bertz CT molecular complexity index is 220. The van der Waals surface area contributed by atoms with Crippen molar-refractivity contribution in [2.24, 2.45) is 0 Å². The van der Waals surface area contributed by atoms with Crippen molar-refractivity contribution >= 4 is 15.9 Å². The third kappa shape index (κ3) is 2.34. The smallest absolute Gasteiger partial charge is 0.133 e. The summed E-state index contributed by atoms with van der Waals surface area (Å²) in [5.74, 6) is 0.860. The molecule has 0 saturated carbocycles. The van der Waals surface area contributed by atoms with E-state index >= 15 is 0 Å². The van der Waals surface area contributed by atoms with Gasteiger partial charge < -0.3 is 9.15 Å². The Balaban J connectivity index is 2.60. The zero-order valence-electron chi connectivity index (χ0n) is 6.63. The van der Waals surface area contributed by atoms with Crippen LogP contribution in [0.2, 0.25) is 0 Å². The van der Waals surface area contributed by atoms with Crippen LogP contribution in [-0.2, 0) is 4.74 Å². The van der Waals surface area contributed by atoms with Gasteiger partial charge in [0, 0.05) is 6.61 Å². The van der Waals surface area contributed by atoms with E-state index in [0.29, 0.717) is 6.61 Å². The van der Waals surface area contributed by atoms with E-state index in [1.165, 1.54) is 0 Å². The van der Waals surface area contributed by atoms with Crippen molar-refractivity contribution in [3.63, 3.8) is 0 Å². The Kier molecular flexibility index (Phi) is 3.15. The predicted molar refractivity (Wildman–Crippen MR) is 46.4 cm³/mol. The highest BCUT2D eigenvalue weighted by molar-refractivity contribution is 9.10. The lowest BCUT2D eigenvalue weighted by atomic mass is 10.3. The van der Waals surface area contributed by atoms with E-state index in [9.17, 15) is 0 Å². The molecular weight excluding hydrogens is 208 g/mol. The zero-order valence-corrected chi connectivity index (χ0v) is 8.22. The maximum absolute atomic E-state index is 5.33. The number of furan rings is 1. The molecule has 2 nitrogen and oxygen atoms in total. The molecule has 11 heavy (non-hydrogen) atoms. The van der Waals surface area contributed by atoms with Crippen LogP contribution < -0.4 is 0 Å². The molecule has 0 aromatic carbocycles. The molecule has 62 valence electrons. The molecule has 0 fully saturated rings. The predicted octanol–water partition coefficient (Wildman–Crippen LogP) is 3.14. The first-order chi connectivity index (χ1) is 5.24. The van der Waals surface area contributed by atoms with Crippen LogP contribution in [0.25, 0.3) is 0 Å². The molecule has 0 radical (unpaired) electrons. The van der Waals surface area contributed by atoms with Crippen molar-refractivity contribution in [2.45, 2.75) is 20.0 Å². The first-order valence-electron chi connectivity index (χ1n) is 3.59. The summed E-state index contributed by atoms with van der Waals surface area (Å²) >= 11 is 3.30. The summed E-state index contributed by atoms with van der Waals surface area (Å²) in [6, 6.07) is 1.92. The molecule has 0 spiro atoms. The van der Waals surface area contributed by atoms with E-state index in [2.05, 4.69) is 15.9 Å². The van der Waals surface area contributed by atoms with Gasteiger partial charge >= 0.3 is 0 Å². The Morgan fingerprint density at radius 3 is 2.91 bits per heavy atom. The number of ether oxygens (including phenoxy) is 1. The average molecular weight is 219 g/mol. The van der Waals surface area contributed by atoms with Crippen molar-refractivity contribution in [1.82, 2.24) is 0 Å². The monoisotopic (exact) mass is 218 g/mol. The first-order valence-corrected chi connectivity index (χ1v) is 4.39. The van der Waals surface area contributed by atoms with Crippen LogP contribution in [0.3, 0.4) is 0 Å². The van der Waals surface area contributed by atoms with Crippen LogP contribution in [0.1, 0.15) is 25.7 Å². The minimum absolute atomic E-state index is 0.0475. The second-order valence-electron chi connectivity index (χ2n) is 2.26. The summed E-state index contributed by atoms with van der Waals surface area (Å²) in [5, 5.41) is 0. The van der Waals surface area contributed by atoms with Crippen LogP contribution >= 0.6 is 15.9 Å². The Labute approximate surface area is 74.7 Å². The molecule has 3 heteroatoms. The van der Waals surface area contributed by atoms with Crippen molar-refractivity contribution in [1.29, 1.82) is 0 Å². The lowest BCUT2D eigenvalue weighted by molar-refractivity contribution is 0.0604. The topological polar surface area (TPSA) is 22.4 Å². The maximum Gasteiger partial charge on any atom is 0.133 e. The van der Waals surface area contributed by atoms with Gasteiger partial charge in [-0.1, -0.05) is 0 Å². The molecular formula is C8H11BrO2. The molecule has 0 saturated heterocycles. The van der Waals surface area contributed by atoms with Gasteiger partial charge in [-0.25, -0.2) is 0 Å². The van der Waals surface area contributed by atoms with Gasteiger partial charge in [0.05, 0.1) is 4.47 Å². The summed E-state index contributed by atoms with van der Waals surface area (Å²) in [4.78, 5) is 0. The normalized spacial score (nSPS) is 13.4. The fraction of sp³-hybridized carbons (Fsp3) is 0.500. The van der Waals surface area contributed by atoms with Gasteiger partial charge in [0.2, 0.25) is 0 Å². The first kappa shape index (κ1) is 8.81. The molecule has 1 atom stereocenters. The van der Waals surface area contributed by atoms with E-state index in [0.717, 1.165) is 10.2 Å². The van der Waals surface area contributed by atoms with E-state index < -0.39 is 0 Å². The van der Waals surface area contributed by atoms with Crippen molar-refractivity contribution < 1.29 is 9.15 Å². The summed E-state index contributed by atoms with van der Waals surface area (Å²) in [6.45, 7) is 4.64. The van der Waals surface area contributed by atoms with E-state index in [-0.39, 0.29) is 6.10 Å². The molecule has 0 amide bonds. The standard InChI is InChI=1S/C8H11BrO2/c1-3-10-6(2)8-4-7(9)5-11-8/h4-6H,3H2,1-2H3. The van der Waals surface area contributed by atoms with Crippen molar-refractivity contribution in [3.8, 4) is 0 Å². The van der Waals surface area contributed by atoms with Gasteiger partial charge in [-0.3, -0.25) is 0 Å². The molecule has 0 aliphatic heterocycles. The quantitative estimate of drug-likeness (QED) is 0.779. The molecule has 0 bridgehead atoms. The third-order valence-electron chi connectivity index (χ3n) is 1.41. The molecule has 1 heterocycles. The highest BCUT2D eigenvalue weighted by atomic mass is 79.9. The van der Waals surface area contributed by atoms with Gasteiger partial charge in [0.1, 0.15) is 18.1 Å². The molecule has 1 aromatic heterocycles. The largest absolute Gasteiger partial charge is 0.465 e. The highest BCUT2D eigenvalue weighted by Gasteiger charge is 2.08. The lowest BCUT2D eigenvalue weighted by Gasteiger charge is -2.06. The molecule has 1 unspecified atom stereocenters. The van der Waals surface area contributed by atoms with Gasteiger partial charge in [0.15, 0.2) is 0 Å². The van der Waals surface area contributed by atoms with Crippen LogP contribution in [0.5, 0.6) is 0 Å². The second-order valence-corrected chi connectivity index (χ2v) is 3.18. The lowest BCUT2D eigenvalue weighted by Crippen LogP contribution is -1.96. The van der Waals surface area contributed by atoms with Crippen LogP contribution in [-0.4, -0.2) is 6.61 Å². The number of hydrogen-bond acceptors (Lipinski definition) is 2. The molecule has 1 aromatic rings. The van der Waals surface area contributed by atoms with Gasteiger partial charge in [-0.15, -0.1) is 0 Å². The summed E-state index contributed by atoms with van der Waals surface area (Å²) in [5.41, 5.74) is 0. The van der Waals surface area contributed by atoms with Crippen molar-refractivity contribution in [2.75, 3.05) is 6.61 Å². The Morgan fingerprint density at radius 2 is 2.45 bits per heavy atom. The summed E-state index contributed by atoms with van der Waals surface area (Å²) in [7, 11) is 0. The number of rotatable bonds is 3. The number of halogens is 1. The molecule has 0 aliphatic rings. The summed E-state index contributed by atoms with van der Waals surface area (Å²) < 4.78 is 11.5. The Hall–Kier alpha value is -0.280. The molecule has 0 aliphatic carbocycles. The fourth-order valence-electron chi connectivity index (χ4n) is 0.874. The van der Waals surface area contributed by atoms with Gasteiger partial charge in [0.25, 0.3) is 0 Å². The van der Waals surface area contributed by atoms with Crippen molar-refractivity contribution in [3.05, 3.63) is 22.6 Å². The van der Waals surface area contributed by atoms with E-state index in [1.807, 2.05) is 19.9 Å². The van der Waals surface area contributed by atoms with E-state index in [1.54, 1.807) is 6.26 Å². The molecule has 0 N–H and O–H groups in total. The number of hydrogen-bond donors (Lipinski definition) is 0. The minimum atomic E-state index is 0.0475. The maximum atomic E-state index is 5.33. The zero-order chi connectivity index (χ0) is 8.27. The second kappa shape index (κ2) is 3.93. The minimum Gasteiger partial charge on any atom is -0.465 e. The van der Waals surface area contributed by atoms with Gasteiger partial charge in [-0.2, -0.15) is 0 Å². The average Bonchev–Trinajstić information content (AvgIpc) is 2.36.